The van der Waals surface area contributed by atoms with Crippen LogP contribution in [0.15, 0.2) is 71.1 Å². The zero-order chi connectivity index (χ0) is 19.1. The molecule has 2 aromatic rings. The number of carbonyl (C=O) groups is 1. The lowest BCUT2D eigenvalue weighted by Gasteiger charge is -2.13. The van der Waals surface area contributed by atoms with E-state index < -0.39 is 10.0 Å². The molecule has 0 spiro atoms. The van der Waals surface area contributed by atoms with Gasteiger partial charge in [0.1, 0.15) is 0 Å². The van der Waals surface area contributed by atoms with Crippen molar-refractivity contribution >= 4 is 21.6 Å². The van der Waals surface area contributed by atoms with E-state index in [9.17, 15) is 13.2 Å². The third-order valence-electron chi connectivity index (χ3n) is 4.57. The van der Waals surface area contributed by atoms with E-state index >= 15 is 0 Å². The summed E-state index contributed by atoms with van der Waals surface area (Å²) in [5.41, 5.74) is 2.35. The molecule has 6 heteroatoms. The van der Waals surface area contributed by atoms with Crippen LogP contribution in [0.4, 0.5) is 5.69 Å². The van der Waals surface area contributed by atoms with Crippen molar-refractivity contribution in [2.75, 3.05) is 11.3 Å². The number of anilines is 1. The molecule has 0 unspecified atom stereocenters. The Bertz CT molecular complexity index is 904. The SMILES string of the molecule is O=C(NCCC1=CCCCC1)c1ccc(NS(=O)(=O)c2ccccc2)cc1. The molecule has 2 aromatic carbocycles. The van der Waals surface area contributed by atoms with E-state index in [0.717, 1.165) is 19.3 Å². The van der Waals surface area contributed by atoms with E-state index in [-0.39, 0.29) is 10.8 Å². The van der Waals surface area contributed by atoms with Gasteiger partial charge < -0.3 is 5.32 Å². The molecule has 1 amide bonds. The van der Waals surface area contributed by atoms with Crippen LogP contribution in [0.5, 0.6) is 0 Å². The molecule has 0 heterocycles. The van der Waals surface area contributed by atoms with E-state index in [2.05, 4.69) is 16.1 Å². The van der Waals surface area contributed by atoms with Crippen LogP contribution in [-0.2, 0) is 10.0 Å². The van der Waals surface area contributed by atoms with E-state index in [1.54, 1.807) is 42.5 Å². The van der Waals surface area contributed by atoms with Crippen LogP contribution in [0.1, 0.15) is 42.5 Å². The van der Waals surface area contributed by atoms with Crippen molar-refractivity contribution in [1.82, 2.24) is 5.32 Å². The normalized spacial score (nSPS) is 14.3. The van der Waals surface area contributed by atoms with Gasteiger partial charge in [-0.25, -0.2) is 8.42 Å². The van der Waals surface area contributed by atoms with Gasteiger partial charge in [-0.1, -0.05) is 29.8 Å². The molecule has 0 saturated carbocycles. The molecule has 0 atom stereocenters. The fourth-order valence-corrected chi connectivity index (χ4v) is 4.15. The molecular formula is C21H24N2O3S. The first-order valence-corrected chi connectivity index (χ1v) is 10.7. The summed E-state index contributed by atoms with van der Waals surface area (Å²) in [6, 6.07) is 14.6. The Hall–Kier alpha value is -2.60. The maximum absolute atomic E-state index is 12.3. The van der Waals surface area contributed by atoms with E-state index in [1.165, 1.54) is 30.5 Å². The van der Waals surface area contributed by atoms with Crippen LogP contribution in [-0.4, -0.2) is 20.9 Å². The highest BCUT2D eigenvalue weighted by atomic mass is 32.2. The maximum atomic E-state index is 12.3. The number of rotatable bonds is 7. The van der Waals surface area contributed by atoms with Gasteiger partial charge in [0.2, 0.25) is 0 Å². The minimum Gasteiger partial charge on any atom is -0.352 e. The Labute approximate surface area is 160 Å². The van der Waals surface area contributed by atoms with Crippen LogP contribution in [0.25, 0.3) is 0 Å². The van der Waals surface area contributed by atoms with Crippen LogP contribution in [0.3, 0.4) is 0 Å². The second-order valence-corrected chi connectivity index (χ2v) is 8.29. The number of benzene rings is 2. The third kappa shape index (κ3) is 5.44. The quantitative estimate of drug-likeness (QED) is 0.706. The van der Waals surface area contributed by atoms with Gasteiger partial charge in [-0.05, 0) is 68.5 Å². The van der Waals surface area contributed by atoms with Gasteiger partial charge in [0.05, 0.1) is 4.90 Å². The average Bonchev–Trinajstić information content (AvgIpc) is 2.70. The van der Waals surface area contributed by atoms with E-state index in [1.807, 2.05) is 0 Å². The summed E-state index contributed by atoms with van der Waals surface area (Å²) < 4.78 is 27.2. The highest BCUT2D eigenvalue weighted by Gasteiger charge is 2.14. The van der Waals surface area contributed by atoms with Crippen molar-refractivity contribution in [3.05, 3.63) is 71.8 Å². The van der Waals surface area contributed by atoms with Gasteiger partial charge in [-0.2, -0.15) is 0 Å². The number of nitrogens with one attached hydrogen (secondary N) is 2. The van der Waals surface area contributed by atoms with Crippen LogP contribution in [0, 0.1) is 0 Å². The monoisotopic (exact) mass is 384 g/mol. The Morgan fingerprint density at radius 2 is 1.70 bits per heavy atom. The molecule has 0 saturated heterocycles. The van der Waals surface area contributed by atoms with E-state index in [4.69, 9.17) is 0 Å². The predicted octanol–water partition coefficient (Wildman–Crippen LogP) is 4.11. The molecule has 1 aliphatic rings. The zero-order valence-electron chi connectivity index (χ0n) is 15.1. The molecular weight excluding hydrogens is 360 g/mol. The number of carbonyl (C=O) groups excluding carboxylic acids is 1. The summed E-state index contributed by atoms with van der Waals surface area (Å²) in [4.78, 5) is 12.4. The van der Waals surface area contributed by atoms with Crippen LogP contribution < -0.4 is 10.0 Å². The third-order valence-corrected chi connectivity index (χ3v) is 5.97. The van der Waals surface area contributed by atoms with Crippen molar-refractivity contribution in [2.24, 2.45) is 0 Å². The van der Waals surface area contributed by atoms with Crippen LogP contribution >= 0.6 is 0 Å². The first kappa shape index (κ1) is 19.2. The summed E-state index contributed by atoms with van der Waals surface area (Å²) in [6.07, 6.45) is 7.94. The Balaban J connectivity index is 1.55. The van der Waals surface area contributed by atoms with Gasteiger partial charge in [0.15, 0.2) is 0 Å². The molecule has 0 aliphatic heterocycles. The molecule has 0 aromatic heterocycles. The highest BCUT2D eigenvalue weighted by Crippen LogP contribution is 2.20. The smallest absolute Gasteiger partial charge is 0.261 e. The zero-order valence-corrected chi connectivity index (χ0v) is 16.0. The maximum Gasteiger partial charge on any atom is 0.261 e. The number of hydrogen-bond acceptors (Lipinski definition) is 3. The summed E-state index contributed by atoms with van der Waals surface area (Å²) >= 11 is 0. The van der Waals surface area contributed by atoms with Crippen molar-refractivity contribution in [3.63, 3.8) is 0 Å². The molecule has 27 heavy (non-hydrogen) atoms. The second kappa shape index (κ2) is 8.86. The molecule has 0 radical (unpaired) electrons. The minimum absolute atomic E-state index is 0.149. The van der Waals surface area contributed by atoms with Crippen molar-refractivity contribution in [2.45, 2.75) is 37.0 Å². The van der Waals surface area contributed by atoms with E-state index in [0.29, 0.717) is 17.8 Å². The van der Waals surface area contributed by atoms with Crippen molar-refractivity contribution in [1.29, 1.82) is 0 Å². The topological polar surface area (TPSA) is 75.3 Å². The minimum atomic E-state index is -3.63. The van der Waals surface area contributed by atoms with Gasteiger partial charge in [-0.15, -0.1) is 0 Å². The average molecular weight is 385 g/mol. The van der Waals surface area contributed by atoms with Gasteiger partial charge in [0.25, 0.3) is 15.9 Å². The van der Waals surface area contributed by atoms with Crippen molar-refractivity contribution < 1.29 is 13.2 Å². The summed E-state index contributed by atoms with van der Waals surface area (Å²) in [5.74, 6) is -0.149. The standard InChI is InChI=1S/C21H24N2O3S/c24-21(22-16-15-17-7-3-1-4-8-17)18-11-13-19(14-12-18)23-27(25,26)20-9-5-2-6-10-20/h2,5-7,9-14,23H,1,3-4,8,15-16H2,(H,22,24). The highest BCUT2D eigenvalue weighted by molar-refractivity contribution is 7.92. The molecule has 0 fully saturated rings. The lowest BCUT2D eigenvalue weighted by atomic mass is 9.97. The number of amides is 1. The molecule has 142 valence electrons. The molecule has 2 N–H and O–H groups in total. The molecule has 3 rings (SSSR count). The molecule has 5 nitrogen and oxygen atoms in total. The Morgan fingerprint density at radius 1 is 0.963 bits per heavy atom. The Morgan fingerprint density at radius 3 is 2.37 bits per heavy atom. The summed E-state index contributed by atoms with van der Waals surface area (Å²) in [6.45, 7) is 0.618. The number of sulfonamides is 1. The van der Waals surface area contributed by atoms with Gasteiger partial charge in [-0.3, -0.25) is 9.52 Å². The molecule has 1 aliphatic carbocycles. The molecule has 0 bridgehead atoms. The first-order valence-electron chi connectivity index (χ1n) is 9.19. The van der Waals surface area contributed by atoms with Crippen molar-refractivity contribution in [3.8, 4) is 0 Å². The second-order valence-electron chi connectivity index (χ2n) is 6.61. The summed E-state index contributed by atoms with van der Waals surface area (Å²) in [7, 11) is -3.63. The summed E-state index contributed by atoms with van der Waals surface area (Å²) in [5, 5.41) is 2.92. The lowest BCUT2D eigenvalue weighted by Crippen LogP contribution is -2.24. The largest absolute Gasteiger partial charge is 0.352 e. The Kier molecular flexibility index (Phi) is 6.29. The van der Waals surface area contributed by atoms with Crippen LogP contribution in [0.2, 0.25) is 0 Å². The fraction of sp³-hybridized carbons (Fsp3) is 0.286. The fourth-order valence-electron chi connectivity index (χ4n) is 3.07. The van der Waals surface area contributed by atoms with Gasteiger partial charge in [0, 0.05) is 17.8 Å². The first-order chi connectivity index (χ1) is 13.0. The predicted molar refractivity (Wildman–Crippen MR) is 107 cm³/mol. The lowest BCUT2D eigenvalue weighted by molar-refractivity contribution is 0.0954. The number of allylic oxidation sites excluding steroid dienone is 1. The van der Waals surface area contributed by atoms with Gasteiger partial charge >= 0.3 is 0 Å². The number of hydrogen-bond donors (Lipinski definition) is 2.